The van der Waals surface area contributed by atoms with Gasteiger partial charge in [-0.25, -0.2) is 0 Å². The number of hydrogen-bond donors (Lipinski definition) is 1. The Morgan fingerprint density at radius 3 is 2.61 bits per heavy atom. The lowest BCUT2D eigenvalue weighted by Crippen LogP contribution is -2.08. The predicted molar refractivity (Wildman–Crippen MR) is 107 cm³/mol. The fourth-order valence-corrected chi connectivity index (χ4v) is 2.63. The third kappa shape index (κ3) is 4.02. The van der Waals surface area contributed by atoms with Gasteiger partial charge in [0.2, 0.25) is 11.7 Å². The van der Waals surface area contributed by atoms with Crippen molar-refractivity contribution < 1.29 is 9.32 Å². The second-order valence-corrected chi connectivity index (χ2v) is 5.94. The fourth-order valence-electron chi connectivity index (χ4n) is 2.63. The number of rotatable bonds is 5. The van der Waals surface area contributed by atoms with Crippen molar-refractivity contribution in [2.75, 3.05) is 5.32 Å². The quantitative estimate of drug-likeness (QED) is 0.526. The van der Waals surface area contributed by atoms with Gasteiger partial charge in [-0.2, -0.15) is 4.98 Å². The summed E-state index contributed by atoms with van der Waals surface area (Å²) in [7, 11) is 0. The van der Waals surface area contributed by atoms with E-state index in [0.29, 0.717) is 23.0 Å². The van der Waals surface area contributed by atoms with Crippen LogP contribution in [0, 0.1) is 0 Å². The van der Waals surface area contributed by atoms with E-state index in [1.807, 2.05) is 54.6 Å². The number of anilines is 1. The number of aromatic nitrogens is 3. The zero-order chi connectivity index (χ0) is 19.2. The minimum atomic E-state index is -0.247. The van der Waals surface area contributed by atoms with Crippen molar-refractivity contribution in [2.45, 2.75) is 0 Å². The maximum atomic E-state index is 12.3. The summed E-state index contributed by atoms with van der Waals surface area (Å²) < 4.78 is 5.40. The summed E-state index contributed by atoms with van der Waals surface area (Å²) in [6.07, 6.45) is 6.58. The van der Waals surface area contributed by atoms with E-state index in [-0.39, 0.29) is 5.91 Å². The summed E-state index contributed by atoms with van der Waals surface area (Å²) in [4.78, 5) is 20.8. The Hall–Kier alpha value is -4.06. The molecule has 2 aromatic heterocycles. The van der Waals surface area contributed by atoms with Gasteiger partial charge in [0.1, 0.15) is 0 Å². The largest absolute Gasteiger partial charge is 0.334 e. The minimum absolute atomic E-state index is 0.247. The second-order valence-electron chi connectivity index (χ2n) is 5.94. The van der Waals surface area contributed by atoms with Crippen LogP contribution in [0.3, 0.4) is 0 Å². The average molecular weight is 368 g/mol. The SMILES string of the molecule is O=C(C=Cc1ccccc1)Nc1ccccc1-c1nc(-c2cccnc2)no1. The van der Waals surface area contributed by atoms with Gasteiger partial charge in [-0.3, -0.25) is 9.78 Å². The lowest BCUT2D eigenvalue weighted by atomic mass is 10.1. The van der Waals surface area contributed by atoms with Gasteiger partial charge in [-0.1, -0.05) is 47.6 Å². The van der Waals surface area contributed by atoms with Crippen LogP contribution in [0.1, 0.15) is 5.56 Å². The van der Waals surface area contributed by atoms with Crippen LogP contribution >= 0.6 is 0 Å². The molecule has 0 unspecified atom stereocenters. The molecule has 28 heavy (non-hydrogen) atoms. The van der Waals surface area contributed by atoms with Crippen LogP contribution in [0.5, 0.6) is 0 Å². The van der Waals surface area contributed by atoms with Crippen molar-refractivity contribution in [2.24, 2.45) is 0 Å². The number of carbonyl (C=O) groups is 1. The van der Waals surface area contributed by atoms with Crippen molar-refractivity contribution in [3.05, 3.63) is 90.8 Å². The first-order chi connectivity index (χ1) is 13.8. The van der Waals surface area contributed by atoms with Crippen LogP contribution in [0.25, 0.3) is 28.9 Å². The van der Waals surface area contributed by atoms with Gasteiger partial charge in [0.05, 0.1) is 11.3 Å². The van der Waals surface area contributed by atoms with Gasteiger partial charge in [0.25, 0.3) is 5.89 Å². The smallest absolute Gasteiger partial charge is 0.260 e. The molecule has 1 amide bonds. The Balaban J connectivity index is 1.55. The second kappa shape index (κ2) is 8.09. The number of hydrogen-bond acceptors (Lipinski definition) is 5. The highest BCUT2D eigenvalue weighted by atomic mass is 16.5. The van der Waals surface area contributed by atoms with Crippen molar-refractivity contribution >= 4 is 17.7 Å². The first kappa shape index (κ1) is 17.4. The molecule has 2 aromatic carbocycles. The first-order valence-electron chi connectivity index (χ1n) is 8.67. The highest BCUT2D eigenvalue weighted by Gasteiger charge is 2.14. The molecule has 4 aromatic rings. The van der Waals surface area contributed by atoms with E-state index in [0.717, 1.165) is 11.1 Å². The van der Waals surface area contributed by atoms with E-state index in [1.165, 1.54) is 6.08 Å². The Morgan fingerprint density at radius 1 is 0.964 bits per heavy atom. The molecule has 1 N–H and O–H groups in total. The van der Waals surface area contributed by atoms with E-state index in [2.05, 4.69) is 20.4 Å². The molecule has 6 nitrogen and oxygen atoms in total. The number of para-hydroxylation sites is 1. The molecule has 0 aliphatic heterocycles. The highest BCUT2D eigenvalue weighted by Crippen LogP contribution is 2.28. The summed E-state index contributed by atoms with van der Waals surface area (Å²) in [5.74, 6) is 0.512. The lowest BCUT2D eigenvalue weighted by molar-refractivity contribution is -0.111. The fraction of sp³-hybridized carbons (Fsp3) is 0. The number of pyridine rings is 1. The Bertz CT molecular complexity index is 1110. The molecule has 136 valence electrons. The number of nitrogens with one attached hydrogen (secondary N) is 1. The summed E-state index contributed by atoms with van der Waals surface area (Å²) in [6.45, 7) is 0. The molecule has 0 aliphatic carbocycles. The zero-order valence-electron chi connectivity index (χ0n) is 14.8. The van der Waals surface area contributed by atoms with Crippen LogP contribution in [0.4, 0.5) is 5.69 Å². The number of carbonyl (C=O) groups excluding carboxylic acids is 1. The zero-order valence-corrected chi connectivity index (χ0v) is 14.8. The summed E-state index contributed by atoms with van der Waals surface area (Å²) >= 11 is 0. The molecule has 0 fully saturated rings. The topological polar surface area (TPSA) is 80.9 Å². The van der Waals surface area contributed by atoms with Gasteiger partial charge in [-0.05, 0) is 35.9 Å². The van der Waals surface area contributed by atoms with E-state index in [4.69, 9.17) is 4.52 Å². The highest BCUT2D eigenvalue weighted by molar-refractivity contribution is 6.03. The first-order valence-corrected chi connectivity index (χ1v) is 8.67. The monoisotopic (exact) mass is 368 g/mol. The van der Waals surface area contributed by atoms with Crippen LogP contribution in [0.2, 0.25) is 0 Å². The third-order valence-electron chi connectivity index (χ3n) is 3.99. The molecular formula is C22H16N4O2. The van der Waals surface area contributed by atoms with Crippen molar-refractivity contribution in [3.63, 3.8) is 0 Å². The molecule has 0 radical (unpaired) electrons. The van der Waals surface area contributed by atoms with E-state index >= 15 is 0 Å². The van der Waals surface area contributed by atoms with Crippen molar-refractivity contribution in [1.82, 2.24) is 15.1 Å². The van der Waals surface area contributed by atoms with Crippen LogP contribution in [0.15, 0.2) is 89.7 Å². The van der Waals surface area contributed by atoms with Gasteiger partial charge >= 0.3 is 0 Å². The van der Waals surface area contributed by atoms with Crippen LogP contribution < -0.4 is 5.32 Å². The van der Waals surface area contributed by atoms with E-state index in [1.54, 1.807) is 30.6 Å². The Morgan fingerprint density at radius 2 is 1.79 bits per heavy atom. The van der Waals surface area contributed by atoms with Gasteiger partial charge < -0.3 is 9.84 Å². The number of amides is 1. The standard InChI is InChI=1S/C22H16N4O2/c27-20(13-12-16-7-2-1-3-8-16)24-19-11-5-4-10-18(19)22-25-21(26-28-22)17-9-6-14-23-15-17/h1-15H,(H,24,27). The molecule has 0 bridgehead atoms. The Kier molecular flexibility index (Phi) is 5.02. The molecule has 0 aliphatic rings. The van der Waals surface area contributed by atoms with Gasteiger partial charge in [0, 0.05) is 24.0 Å². The average Bonchev–Trinajstić information content (AvgIpc) is 3.24. The van der Waals surface area contributed by atoms with Gasteiger partial charge in [0.15, 0.2) is 0 Å². The molecule has 0 spiro atoms. The number of benzene rings is 2. The molecular weight excluding hydrogens is 352 g/mol. The summed E-state index contributed by atoms with van der Waals surface area (Å²) in [5.41, 5.74) is 2.94. The molecule has 0 atom stereocenters. The van der Waals surface area contributed by atoms with Crippen molar-refractivity contribution in [1.29, 1.82) is 0 Å². The van der Waals surface area contributed by atoms with Crippen molar-refractivity contribution in [3.8, 4) is 22.8 Å². The van der Waals surface area contributed by atoms with E-state index in [9.17, 15) is 4.79 Å². The maximum absolute atomic E-state index is 12.3. The normalized spacial score (nSPS) is 10.9. The van der Waals surface area contributed by atoms with Gasteiger partial charge in [-0.15, -0.1) is 0 Å². The lowest BCUT2D eigenvalue weighted by Gasteiger charge is -2.06. The maximum Gasteiger partial charge on any atom is 0.260 e. The number of nitrogens with zero attached hydrogens (tertiary/aromatic N) is 3. The molecule has 2 heterocycles. The van der Waals surface area contributed by atoms with Crippen LogP contribution in [-0.4, -0.2) is 21.0 Å². The summed E-state index contributed by atoms with van der Waals surface area (Å²) in [5, 5.41) is 6.87. The molecule has 0 saturated heterocycles. The Labute approximate surface area is 161 Å². The van der Waals surface area contributed by atoms with Crippen LogP contribution in [-0.2, 0) is 4.79 Å². The molecule has 6 heteroatoms. The minimum Gasteiger partial charge on any atom is -0.334 e. The third-order valence-corrected chi connectivity index (χ3v) is 3.99. The van der Waals surface area contributed by atoms with E-state index < -0.39 is 0 Å². The molecule has 4 rings (SSSR count). The summed E-state index contributed by atoms with van der Waals surface area (Å²) in [6, 6.07) is 20.6. The molecule has 0 saturated carbocycles. The predicted octanol–water partition coefficient (Wildman–Crippen LogP) is 4.45.